The van der Waals surface area contributed by atoms with E-state index in [1.165, 1.54) is 23.5 Å². The number of nitrogens with zero attached hydrogens (tertiary/aromatic N) is 1. The Bertz CT molecular complexity index is 746. The molecule has 28 heavy (non-hydrogen) atoms. The van der Waals surface area contributed by atoms with Crippen LogP contribution in [0.15, 0.2) is 29.9 Å². The maximum atomic E-state index is 13.5. The fourth-order valence-electron chi connectivity index (χ4n) is 2.54. The largest absolute Gasteiger partial charge is 0.444 e. The van der Waals surface area contributed by atoms with Crippen molar-refractivity contribution in [2.24, 2.45) is 0 Å². The number of carbonyl (C=O) groups excluding carboxylic acids is 1. The first-order chi connectivity index (χ1) is 13.1. The molecule has 0 aliphatic rings. The summed E-state index contributed by atoms with van der Waals surface area (Å²) in [6.07, 6.45) is 0.0375. The predicted octanol–water partition coefficient (Wildman–Crippen LogP) is 3.01. The molecule has 1 aromatic heterocycles. The lowest BCUT2D eigenvalue weighted by molar-refractivity contribution is 0.0422. The van der Waals surface area contributed by atoms with Gasteiger partial charge in [0.15, 0.2) is 0 Å². The molecule has 0 aliphatic heterocycles. The number of hydrogen-bond donors (Lipinski definition) is 3. The highest BCUT2D eigenvalue weighted by atomic mass is 32.1. The number of benzene rings is 1. The van der Waals surface area contributed by atoms with Crippen molar-refractivity contribution >= 4 is 17.4 Å². The fraction of sp³-hybridized carbons (Fsp3) is 0.474. The van der Waals surface area contributed by atoms with Crippen LogP contribution in [0.1, 0.15) is 31.2 Å². The van der Waals surface area contributed by atoms with Crippen molar-refractivity contribution in [3.63, 3.8) is 0 Å². The third kappa shape index (κ3) is 7.87. The molecule has 1 amide bonds. The Morgan fingerprint density at radius 1 is 1.29 bits per heavy atom. The number of hydrogen-bond acceptors (Lipinski definition) is 6. The van der Waals surface area contributed by atoms with E-state index >= 15 is 0 Å². The normalized spacial score (nSPS) is 13.8. The smallest absolute Gasteiger partial charge is 0.407 e. The highest BCUT2D eigenvalue weighted by Crippen LogP contribution is 2.13. The van der Waals surface area contributed by atoms with Crippen molar-refractivity contribution in [3.8, 4) is 0 Å². The number of alkyl carbamates (subject to hydrolysis) is 1. The number of aliphatic hydroxyl groups is 1. The van der Waals surface area contributed by atoms with Gasteiger partial charge >= 0.3 is 6.09 Å². The number of ether oxygens (including phenoxy) is 1. The first-order valence-electron chi connectivity index (χ1n) is 8.83. The second-order valence-electron chi connectivity index (χ2n) is 7.40. The fourth-order valence-corrected chi connectivity index (χ4v) is 3.10. The Hall–Kier alpha value is -2.10. The molecule has 154 valence electrons. The Kier molecular flexibility index (Phi) is 7.85. The van der Waals surface area contributed by atoms with Gasteiger partial charge in [0.05, 0.1) is 17.7 Å². The van der Waals surface area contributed by atoms with Gasteiger partial charge in [-0.1, -0.05) is 0 Å². The van der Waals surface area contributed by atoms with Crippen LogP contribution in [0.25, 0.3) is 0 Å². The number of rotatable bonds is 8. The summed E-state index contributed by atoms with van der Waals surface area (Å²) in [6.45, 7) is 5.83. The van der Waals surface area contributed by atoms with Crippen LogP contribution in [0, 0.1) is 11.6 Å². The van der Waals surface area contributed by atoms with Crippen LogP contribution in [0.3, 0.4) is 0 Å². The first-order valence-corrected chi connectivity index (χ1v) is 9.71. The van der Waals surface area contributed by atoms with E-state index in [4.69, 9.17) is 4.74 Å². The zero-order valence-corrected chi connectivity index (χ0v) is 16.9. The third-order valence-corrected chi connectivity index (χ3v) is 4.46. The summed E-state index contributed by atoms with van der Waals surface area (Å²) >= 11 is 1.48. The van der Waals surface area contributed by atoms with Crippen LogP contribution < -0.4 is 10.6 Å². The molecule has 6 nitrogen and oxygen atoms in total. The van der Waals surface area contributed by atoms with E-state index < -0.39 is 35.5 Å². The van der Waals surface area contributed by atoms with Gasteiger partial charge in [0.2, 0.25) is 0 Å². The molecule has 2 atom stereocenters. The second-order valence-corrected chi connectivity index (χ2v) is 8.37. The summed E-state index contributed by atoms with van der Waals surface area (Å²) in [5.74, 6) is -1.44. The Labute approximate surface area is 166 Å². The highest BCUT2D eigenvalue weighted by Gasteiger charge is 2.25. The Morgan fingerprint density at radius 3 is 2.54 bits per heavy atom. The molecule has 1 heterocycles. The molecule has 0 radical (unpaired) electrons. The molecule has 0 bridgehead atoms. The Balaban J connectivity index is 2.04. The van der Waals surface area contributed by atoms with Crippen molar-refractivity contribution in [1.82, 2.24) is 15.6 Å². The molecule has 0 saturated heterocycles. The summed E-state index contributed by atoms with van der Waals surface area (Å²) < 4.78 is 32.2. The van der Waals surface area contributed by atoms with Gasteiger partial charge in [0.1, 0.15) is 17.2 Å². The van der Waals surface area contributed by atoms with Crippen LogP contribution >= 0.6 is 11.3 Å². The molecule has 0 aliphatic carbocycles. The van der Waals surface area contributed by atoms with Gasteiger partial charge in [-0.25, -0.2) is 13.6 Å². The summed E-state index contributed by atoms with van der Waals surface area (Å²) in [6, 6.07) is 2.31. The molecular formula is C19H25F2N3O3S. The van der Waals surface area contributed by atoms with Crippen molar-refractivity contribution in [2.75, 3.05) is 6.54 Å². The number of carbonyl (C=O) groups is 1. The average Bonchev–Trinajstić information content (AvgIpc) is 3.04. The molecule has 2 aromatic rings. The van der Waals surface area contributed by atoms with E-state index in [1.54, 1.807) is 32.5 Å². The number of aromatic nitrogens is 1. The molecule has 2 rings (SSSR count). The molecule has 0 saturated carbocycles. The Morgan fingerprint density at radius 2 is 1.96 bits per heavy atom. The minimum Gasteiger partial charge on any atom is -0.444 e. The molecule has 0 unspecified atom stereocenters. The van der Waals surface area contributed by atoms with Gasteiger partial charge in [0, 0.05) is 30.2 Å². The monoisotopic (exact) mass is 413 g/mol. The predicted molar refractivity (Wildman–Crippen MR) is 103 cm³/mol. The van der Waals surface area contributed by atoms with E-state index in [0.29, 0.717) is 12.1 Å². The van der Waals surface area contributed by atoms with Gasteiger partial charge in [-0.15, -0.1) is 11.3 Å². The van der Waals surface area contributed by atoms with Gasteiger partial charge in [0.25, 0.3) is 0 Å². The van der Waals surface area contributed by atoms with E-state index in [2.05, 4.69) is 15.6 Å². The minimum absolute atomic E-state index is 0.0390. The van der Waals surface area contributed by atoms with E-state index in [9.17, 15) is 18.7 Å². The zero-order chi connectivity index (χ0) is 20.7. The first kappa shape index (κ1) is 22.2. The maximum Gasteiger partial charge on any atom is 0.407 e. The van der Waals surface area contributed by atoms with Crippen molar-refractivity contribution < 1.29 is 23.4 Å². The zero-order valence-electron chi connectivity index (χ0n) is 16.0. The lowest BCUT2D eigenvalue weighted by Crippen LogP contribution is -2.49. The maximum absolute atomic E-state index is 13.5. The number of halogens is 2. The van der Waals surface area contributed by atoms with E-state index in [0.717, 1.165) is 10.9 Å². The number of amides is 1. The quantitative estimate of drug-likeness (QED) is 0.620. The van der Waals surface area contributed by atoms with E-state index in [-0.39, 0.29) is 13.0 Å². The molecule has 0 fully saturated rings. The van der Waals surface area contributed by atoms with Crippen LogP contribution in [0.4, 0.5) is 13.6 Å². The van der Waals surface area contributed by atoms with Gasteiger partial charge in [-0.3, -0.25) is 4.98 Å². The topological polar surface area (TPSA) is 83.5 Å². The van der Waals surface area contributed by atoms with Crippen molar-refractivity contribution in [2.45, 2.75) is 51.5 Å². The standard InChI is InChI=1S/C19H25F2N3O3S/c1-19(2,3)27-18(26)24-16(6-12-4-13(20)7-14(21)5-12)17(25)10-22-8-15-9-23-11-28-15/h4-5,7,9,11,16-17,22,25H,6,8,10H2,1-3H3,(H,24,26)/t16-,17+/m0/s1. The van der Waals surface area contributed by atoms with Crippen LogP contribution in [-0.2, 0) is 17.7 Å². The molecular weight excluding hydrogens is 388 g/mol. The van der Waals surface area contributed by atoms with Crippen molar-refractivity contribution in [1.29, 1.82) is 0 Å². The summed E-state index contributed by atoms with van der Waals surface area (Å²) in [5.41, 5.74) is 1.31. The summed E-state index contributed by atoms with van der Waals surface area (Å²) in [4.78, 5) is 17.1. The molecule has 0 spiro atoms. The summed E-state index contributed by atoms with van der Waals surface area (Å²) in [7, 11) is 0. The van der Waals surface area contributed by atoms with Crippen molar-refractivity contribution in [3.05, 3.63) is 52.0 Å². The van der Waals surface area contributed by atoms with Gasteiger partial charge < -0.3 is 20.5 Å². The van der Waals surface area contributed by atoms with Gasteiger partial charge in [-0.05, 0) is 44.9 Å². The third-order valence-electron chi connectivity index (χ3n) is 3.68. The average molecular weight is 413 g/mol. The number of aliphatic hydroxyl groups excluding tert-OH is 1. The minimum atomic E-state index is -1.01. The highest BCUT2D eigenvalue weighted by molar-refractivity contribution is 7.09. The summed E-state index contributed by atoms with van der Waals surface area (Å²) in [5, 5.41) is 16.2. The van der Waals surface area contributed by atoms with Gasteiger partial charge in [-0.2, -0.15) is 0 Å². The van der Waals surface area contributed by atoms with E-state index in [1.807, 2.05) is 0 Å². The van der Waals surface area contributed by atoms with Crippen LogP contribution in [-0.4, -0.2) is 40.5 Å². The lowest BCUT2D eigenvalue weighted by Gasteiger charge is -2.27. The number of nitrogens with one attached hydrogen (secondary N) is 2. The molecule has 9 heteroatoms. The molecule has 1 aromatic carbocycles. The van der Waals surface area contributed by atoms with Crippen LogP contribution in [0.5, 0.6) is 0 Å². The second kappa shape index (κ2) is 9.90. The SMILES string of the molecule is CC(C)(C)OC(=O)N[C@@H](Cc1cc(F)cc(F)c1)[C@H](O)CNCc1cncs1. The number of thiazole rings is 1. The lowest BCUT2D eigenvalue weighted by atomic mass is 10.0. The molecule has 3 N–H and O–H groups in total. The van der Waals surface area contributed by atoms with Crippen LogP contribution in [0.2, 0.25) is 0 Å².